The molecule has 0 spiro atoms. The van der Waals surface area contributed by atoms with E-state index in [-0.39, 0.29) is 17.5 Å². The summed E-state index contributed by atoms with van der Waals surface area (Å²) in [5.74, 6) is 0.471. The number of nitrogens with one attached hydrogen (secondary N) is 1. The monoisotopic (exact) mass is 297 g/mol. The highest BCUT2D eigenvalue weighted by Gasteiger charge is 2.13. The van der Waals surface area contributed by atoms with Gasteiger partial charge in [-0.1, -0.05) is 6.92 Å². The van der Waals surface area contributed by atoms with Crippen molar-refractivity contribution < 1.29 is 13.9 Å². The summed E-state index contributed by atoms with van der Waals surface area (Å²) >= 11 is 0. The predicted octanol–water partition coefficient (Wildman–Crippen LogP) is 4.08. The Balaban J connectivity index is 2.64. The molecular formula is C17H28FNO2. The van der Waals surface area contributed by atoms with Gasteiger partial charge in [-0.2, -0.15) is 0 Å². The van der Waals surface area contributed by atoms with Crippen molar-refractivity contribution in [2.75, 3.05) is 19.8 Å². The van der Waals surface area contributed by atoms with Crippen molar-refractivity contribution in [3.63, 3.8) is 0 Å². The van der Waals surface area contributed by atoms with Crippen molar-refractivity contribution >= 4 is 0 Å². The van der Waals surface area contributed by atoms with Gasteiger partial charge in [0, 0.05) is 11.6 Å². The summed E-state index contributed by atoms with van der Waals surface area (Å²) in [6.45, 7) is 12.0. The van der Waals surface area contributed by atoms with Gasteiger partial charge >= 0.3 is 0 Å². The van der Waals surface area contributed by atoms with Gasteiger partial charge in [0.05, 0.1) is 12.2 Å². The van der Waals surface area contributed by atoms with Crippen LogP contribution < -0.4 is 10.1 Å². The number of benzene rings is 1. The molecule has 120 valence electrons. The fraction of sp³-hybridized carbons (Fsp3) is 0.647. The number of halogens is 1. The quantitative estimate of drug-likeness (QED) is 0.733. The van der Waals surface area contributed by atoms with Crippen molar-refractivity contribution in [1.82, 2.24) is 5.32 Å². The largest absolute Gasteiger partial charge is 0.491 e. The Morgan fingerprint density at radius 3 is 2.57 bits per heavy atom. The van der Waals surface area contributed by atoms with Gasteiger partial charge in [0.1, 0.15) is 18.2 Å². The smallest absolute Gasteiger partial charge is 0.124 e. The van der Waals surface area contributed by atoms with Crippen molar-refractivity contribution in [3.8, 4) is 5.75 Å². The van der Waals surface area contributed by atoms with Crippen LogP contribution in [0, 0.1) is 5.82 Å². The zero-order valence-electron chi connectivity index (χ0n) is 13.8. The van der Waals surface area contributed by atoms with Crippen LogP contribution in [0.3, 0.4) is 0 Å². The van der Waals surface area contributed by atoms with Crippen LogP contribution in [0.4, 0.5) is 4.39 Å². The molecule has 1 N–H and O–H groups in total. The summed E-state index contributed by atoms with van der Waals surface area (Å²) in [5, 5.41) is 3.35. The number of rotatable bonds is 8. The van der Waals surface area contributed by atoms with E-state index in [1.165, 1.54) is 12.1 Å². The highest BCUT2D eigenvalue weighted by Crippen LogP contribution is 2.26. The molecule has 0 aliphatic heterocycles. The molecule has 0 amide bonds. The second-order valence-corrected chi connectivity index (χ2v) is 6.17. The van der Waals surface area contributed by atoms with Crippen LogP contribution in [0.15, 0.2) is 18.2 Å². The maximum Gasteiger partial charge on any atom is 0.124 e. The topological polar surface area (TPSA) is 30.5 Å². The Morgan fingerprint density at radius 2 is 1.95 bits per heavy atom. The van der Waals surface area contributed by atoms with Crippen molar-refractivity contribution in [2.45, 2.75) is 52.7 Å². The summed E-state index contributed by atoms with van der Waals surface area (Å²) < 4.78 is 24.8. The van der Waals surface area contributed by atoms with E-state index in [1.54, 1.807) is 6.07 Å². The first-order valence-corrected chi connectivity index (χ1v) is 7.63. The molecule has 3 nitrogen and oxygen atoms in total. The molecule has 1 aromatic carbocycles. The zero-order chi connectivity index (χ0) is 15.9. The molecule has 0 radical (unpaired) electrons. The van der Waals surface area contributed by atoms with Crippen LogP contribution in [0.2, 0.25) is 0 Å². The third kappa shape index (κ3) is 6.91. The lowest BCUT2D eigenvalue weighted by molar-refractivity contribution is -0.0164. The van der Waals surface area contributed by atoms with Gasteiger partial charge in [-0.15, -0.1) is 0 Å². The van der Waals surface area contributed by atoms with Gasteiger partial charge in [-0.3, -0.25) is 0 Å². The summed E-state index contributed by atoms with van der Waals surface area (Å²) in [6.07, 6.45) is 1.04. The van der Waals surface area contributed by atoms with E-state index in [0.717, 1.165) is 18.5 Å². The average Bonchev–Trinajstić information content (AvgIpc) is 2.41. The second kappa shape index (κ2) is 8.35. The fourth-order valence-corrected chi connectivity index (χ4v) is 1.96. The van der Waals surface area contributed by atoms with Gasteiger partial charge in [-0.05, 0) is 58.9 Å². The third-order valence-electron chi connectivity index (χ3n) is 3.01. The Morgan fingerprint density at radius 1 is 1.24 bits per heavy atom. The minimum absolute atomic E-state index is 0.0548. The first-order valence-electron chi connectivity index (χ1n) is 7.63. The SMILES string of the molecule is CCCNC(C)c1cc(F)ccc1OCCOC(C)(C)C. The Bertz CT molecular complexity index is 429. The van der Waals surface area contributed by atoms with Crippen LogP contribution >= 0.6 is 0 Å². The van der Waals surface area contributed by atoms with Gasteiger partial charge in [0.2, 0.25) is 0 Å². The van der Waals surface area contributed by atoms with Crippen LogP contribution in [0.5, 0.6) is 5.75 Å². The lowest BCUT2D eigenvalue weighted by atomic mass is 10.1. The van der Waals surface area contributed by atoms with Crippen LogP contribution in [0.25, 0.3) is 0 Å². The third-order valence-corrected chi connectivity index (χ3v) is 3.01. The molecule has 0 aliphatic carbocycles. The normalized spacial score (nSPS) is 13.2. The first-order chi connectivity index (χ1) is 9.83. The molecule has 0 saturated carbocycles. The zero-order valence-corrected chi connectivity index (χ0v) is 13.8. The highest BCUT2D eigenvalue weighted by molar-refractivity contribution is 5.36. The molecule has 0 bridgehead atoms. The highest BCUT2D eigenvalue weighted by atomic mass is 19.1. The lowest BCUT2D eigenvalue weighted by Gasteiger charge is -2.21. The Kier molecular flexibility index (Phi) is 7.12. The molecule has 0 aromatic heterocycles. The molecule has 21 heavy (non-hydrogen) atoms. The molecule has 4 heteroatoms. The maximum absolute atomic E-state index is 13.5. The second-order valence-electron chi connectivity index (χ2n) is 6.17. The van der Waals surface area contributed by atoms with E-state index in [2.05, 4.69) is 12.2 Å². The van der Waals surface area contributed by atoms with Gasteiger partial charge in [0.25, 0.3) is 0 Å². The molecule has 0 heterocycles. The van der Waals surface area contributed by atoms with E-state index >= 15 is 0 Å². The molecule has 1 atom stereocenters. The van der Waals surface area contributed by atoms with E-state index in [4.69, 9.17) is 9.47 Å². The minimum atomic E-state index is -0.242. The van der Waals surface area contributed by atoms with Gasteiger partial charge in [0.15, 0.2) is 0 Å². The van der Waals surface area contributed by atoms with E-state index in [9.17, 15) is 4.39 Å². The van der Waals surface area contributed by atoms with Crippen molar-refractivity contribution in [1.29, 1.82) is 0 Å². The molecule has 1 aromatic rings. The van der Waals surface area contributed by atoms with Crippen LogP contribution in [-0.2, 0) is 4.74 Å². The molecule has 1 rings (SSSR count). The first kappa shape index (κ1) is 17.9. The number of ether oxygens (including phenoxy) is 2. The van der Waals surface area contributed by atoms with E-state index < -0.39 is 0 Å². The molecule has 0 aliphatic rings. The van der Waals surface area contributed by atoms with Crippen LogP contribution in [-0.4, -0.2) is 25.4 Å². The number of hydrogen-bond donors (Lipinski definition) is 1. The summed E-state index contributed by atoms with van der Waals surface area (Å²) in [4.78, 5) is 0. The van der Waals surface area contributed by atoms with Gasteiger partial charge < -0.3 is 14.8 Å². The van der Waals surface area contributed by atoms with Crippen molar-refractivity contribution in [3.05, 3.63) is 29.6 Å². The minimum Gasteiger partial charge on any atom is -0.491 e. The summed E-state index contributed by atoms with van der Waals surface area (Å²) in [6, 6.07) is 4.70. The summed E-state index contributed by atoms with van der Waals surface area (Å²) in [7, 11) is 0. The average molecular weight is 297 g/mol. The van der Waals surface area contributed by atoms with Gasteiger partial charge in [-0.25, -0.2) is 4.39 Å². The molecule has 1 unspecified atom stereocenters. The number of hydrogen-bond acceptors (Lipinski definition) is 3. The molecule has 0 saturated heterocycles. The van der Waals surface area contributed by atoms with E-state index in [0.29, 0.717) is 19.0 Å². The maximum atomic E-state index is 13.5. The Labute approximate surface area is 127 Å². The Hall–Kier alpha value is -1.13. The fourth-order valence-electron chi connectivity index (χ4n) is 1.96. The molecular weight excluding hydrogens is 269 g/mol. The van der Waals surface area contributed by atoms with E-state index in [1.807, 2.05) is 27.7 Å². The predicted molar refractivity (Wildman–Crippen MR) is 84.3 cm³/mol. The van der Waals surface area contributed by atoms with Crippen LogP contribution in [0.1, 0.15) is 52.6 Å². The lowest BCUT2D eigenvalue weighted by Crippen LogP contribution is -2.23. The van der Waals surface area contributed by atoms with Crippen molar-refractivity contribution in [2.24, 2.45) is 0 Å². The summed E-state index contributed by atoms with van der Waals surface area (Å²) in [5.41, 5.74) is 0.671. The standard InChI is InChI=1S/C17H28FNO2/c1-6-9-19-13(2)15-12-14(18)7-8-16(15)20-10-11-21-17(3,4)5/h7-8,12-13,19H,6,9-11H2,1-5H3. The molecule has 0 fully saturated rings.